The lowest BCUT2D eigenvalue weighted by Gasteiger charge is -2.20. The van der Waals surface area contributed by atoms with Gasteiger partial charge in [-0.15, -0.1) is 0 Å². The molecule has 3 nitrogen and oxygen atoms in total. The summed E-state index contributed by atoms with van der Waals surface area (Å²) in [5, 5.41) is 0. The average Bonchev–Trinajstić information content (AvgIpc) is 2.06. The first-order valence-corrected chi connectivity index (χ1v) is 4.63. The quantitative estimate of drug-likeness (QED) is 0.405. The van der Waals surface area contributed by atoms with Gasteiger partial charge >= 0.3 is 0 Å². The van der Waals surface area contributed by atoms with E-state index in [-0.39, 0.29) is 0 Å². The number of quaternary nitrogens is 1. The van der Waals surface area contributed by atoms with Crippen molar-refractivity contribution in [3.05, 3.63) is 7.05 Å². The molecular formula is C9H21NO2. The summed E-state index contributed by atoms with van der Waals surface area (Å²) in [4.78, 5) is 1.22. The summed E-state index contributed by atoms with van der Waals surface area (Å²) < 4.78 is 10.4. The number of rotatable bonds is 8. The molecule has 0 radical (unpaired) electrons. The predicted molar refractivity (Wildman–Crippen MR) is 49.0 cm³/mol. The van der Waals surface area contributed by atoms with Crippen LogP contribution in [0.3, 0.4) is 0 Å². The Bertz CT molecular complexity index is 78.6. The van der Waals surface area contributed by atoms with Crippen LogP contribution in [0.4, 0.5) is 0 Å². The van der Waals surface area contributed by atoms with Gasteiger partial charge in [0.25, 0.3) is 0 Å². The molecule has 0 fully saturated rings. The minimum Gasteiger partial charge on any atom is -0.464 e. The Morgan fingerprint density at radius 3 is 1.75 bits per heavy atom. The summed E-state index contributed by atoms with van der Waals surface area (Å²) in [6, 6.07) is 0. The average molecular weight is 175 g/mol. The lowest BCUT2D eigenvalue weighted by molar-refractivity contribution is -0.854. The molecule has 0 bridgehead atoms. The molecular weight excluding hydrogens is 154 g/mol. The van der Waals surface area contributed by atoms with Gasteiger partial charge in [-0.3, -0.25) is 0 Å². The standard InChI is InChI=1S/C9H21NO2/c1-4-11-8-6-10(3)7-9-12-5-2/h10H,3-9H2,1-2H3. The number of hydrogen-bond donors (Lipinski definition) is 1. The monoisotopic (exact) mass is 175 g/mol. The van der Waals surface area contributed by atoms with E-state index in [1.807, 2.05) is 13.8 Å². The zero-order valence-electron chi connectivity index (χ0n) is 8.27. The van der Waals surface area contributed by atoms with Crippen LogP contribution < -0.4 is 4.90 Å². The maximum Gasteiger partial charge on any atom is 0.0934 e. The fraction of sp³-hybridized carbons (Fsp3) is 0.889. The second-order valence-electron chi connectivity index (χ2n) is 2.64. The molecule has 0 aromatic carbocycles. The van der Waals surface area contributed by atoms with Crippen molar-refractivity contribution >= 4 is 0 Å². The third-order valence-corrected chi connectivity index (χ3v) is 1.61. The fourth-order valence-electron chi connectivity index (χ4n) is 0.847. The van der Waals surface area contributed by atoms with Gasteiger partial charge in [0.05, 0.1) is 26.3 Å². The normalized spacial score (nSPS) is 11.0. The van der Waals surface area contributed by atoms with Crippen LogP contribution in [0.25, 0.3) is 0 Å². The summed E-state index contributed by atoms with van der Waals surface area (Å²) >= 11 is 0. The topological polar surface area (TPSA) is 22.9 Å². The van der Waals surface area contributed by atoms with Crippen LogP contribution in [0.15, 0.2) is 0 Å². The van der Waals surface area contributed by atoms with E-state index < -0.39 is 0 Å². The molecule has 1 N–H and O–H groups in total. The van der Waals surface area contributed by atoms with Gasteiger partial charge < -0.3 is 14.4 Å². The van der Waals surface area contributed by atoms with Crippen molar-refractivity contribution in [2.24, 2.45) is 0 Å². The van der Waals surface area contributed by atoms with Crippen molar-refractivity contribution in [1.29, 1.82) is 0 Å². The molecule has 0 aliphatic carbocycles. The molecule has 0 saturated carbocycles. The van der Waals surface area contributed by atoms with Gasteiger partial charge in [-0.1, -0.05) is 0 Å². The molecule has 0 atom stereocenters. The minimum atomic E-state index is 0.790. The molecule has 0 aliphatic heterocycles. The van der Waals surface area contributed by atoms with E-state index in [9.17, 15) is 0 Å². The Morgan fingerprint density at radius 2 is 1.42 bits per heavy atom. The fourth-order valence-corrected chi connectivity index (χ4v) is 0.847. The molecule has 0 unspecified atom stereocenters. The van der Waals surface area contributed by atoms with Crippen LogP contribution in [-0.4, -0.2) is 39.5 Å². The highest BCUT2D eigenvalue weighted by Crippen LogP contribution is 1.69. The zero-order valence-corrected chi connectivity index (χ0v) is 8.27. The van der Waals surface area contributed by atoms with Gasteiger partial charge in [0.1, 0.15) is 0 Å². The number of nitrogens with one attached hydrogen (secondary N) is 1. The Balaban J connectivity index is 3.04. The lowest BCUT2D eigenvalue weighted by atomic mass is 10.5. The van der Waals surface area contributed by atoms with Gasteiger partial charge in [-0.2, -0.15) is 7.05 Å². The smallest absolute Gasteiger partial charge is 0.0934 e. The molecule has 0 aromatic heterocycles. The molecule has 0 spiro atoms. The van der Waals surface area contributed by atoms with Crippen molar-refractivity contribution in [2.75, 3.05) is 39.5 Å². The maximum atomic E-state index is 5.21. The maximum absolute atomic E-state index is 5.21. The minimum absolute atomic E-state index is 0.790. The second kappa shape index (κ2) is 8.97. The zero-order chi connectivity index (χ0) is 9.23. The Hall–Kier alpha value is -0.120. The van der Waals surface area contributed by atoms with Crippen molar-refractivity contribution in [2.45, 2.75) is 13.8 Å². The lowest BCUT2D eigenvalue weighted by Crippen LogP contribution is -3.08. The van der Waals surface area contributed by atoms with Crippen LogP contribution in [0.1, 0.15) is 13.8 Å². The van der Waals surface area contributed by atoms with Gasteiger partial charge in [-0.25, -0.2) is 0 Å². The molecule has 0 aliphatic rings. The van der Waals surface area contributed by atoms with Gasteiger partial charge in [0.2, 0.25) is 0 Å². The van der Waals surface area contributed by atoms with Crippen LogP contribution in [-0.2, 0) is 9.47 Å². The van der Waals surface area contributed by atoms with Crippen LogP contribution >= 0.6 is 0 Å². The molecule has 74 valence electrons. The summed E-state index contributed by atoms with van der Waals surface area (Å²) in [6.07, 6.45) is 0. The van der Waals surface area contributed by atoms with Crippen molar-refractivity contribution in [1.82, 2.24) is 0 Å². The Morgan fingerprint density at radius 1 is 1.00 bits per heavy atom. The Labute approximate surface area is 75.6 Å². The highest BCUT2D eigenvalue weighted by molar-refractivity contribution is 4.29. The first kappa shape index (κ1) is 11.9. The van der Waals surface area contributed by atoms with Crippen LogP contribution in [0, 0.1) is 7.05 Å². The molecule has 0 saturated heterocycles. The van der Waals surface area contributed by atoms with E-state index in [1.165, 1.54) is 4.90 Å². The molecule has 0 amide bonds. The third kappa shape index (κ3) is 7.98. The van der Waals surface area contributed by atoms with E-state index in [2.05, 4.69) is 7.05 Å². The van der Waals surface area contributed by atoms with Crippen LogP contribution in [0.5, 0.6) is 0 Å². The highest BCUT2D eigenvalue weighted by atomic mass is 16.5. The highest BCUT2D eigenvalue weighted by Gasteiger charge is 1.94. The Kier molecular flexibility index (Phi) is 8.88. The van der Waals surface area contributed by atoms with Gasteiger partial charge in [0, 0.05) is 13.2 Å². The largest absolute Gasteiger partial charge is 0.464 e. The van der Waals surface area contributed by atoms with Gasteiger partial charge in [-0.05, 0) is 13.8 Å². The third-order valence-electron chi connectivity index (χ3n) is 1.61. The molecule has 0 rings (SSSR count). The molecule has 0 heterocycles. The van der Waals surface area contributed by atoms with Crippen molar-refractivity contribution < 1.29 is 14.4 Å². The van der Waals surface area contributed by atoms with Crippen molar-refractivity contribution in [3.8, 4) is 0 Å². The second-order valence-corrected chi connectivity index (χ2v) is 2.64. The van der Waals surface area contributed by atoms with Crippen molar-refractivity contribution in [3.63, 3.8) is 0 Å². The summed E-state index contributed by atoms with van der Waals surface area (Å²) in [5.41, 5.74) is 0. The molecule has 12 heavy (non-hydrogen) atoms. The van der Waals surface area contributed by atoms with E-state index in [0.717, 1.165) is 39.5 Å². The first-order chi connectivity index (χ1) is 5.81. The predicted octanol–water partition coefficient (Wildman–Crippen LogP) is -0.264. The SMILES string of the molecule is [CH2-][NH+](CCOCC)CCOCC. The summed E-state index contributed by atoms with van der Waals surface area (Å²) in [6.45, 7) is 9.09. The van der Waals surface area contributed by atoms with E-state index in [4.69, 9.17) is 9.47 Å². The van der Waals surface area contributed by atoms with E-state index >= 15 is 0 Å². The van der Waals surface area contributed by atoms with E-state index in [1.54, 1.807) is 0 Å². The molecule has 0 aromatic rings. The van der Waals surface area contributed by atoms with Crippen LogP contribution in [0.2, 0.25) is 0 Å². The summed E-state index contributed by atoms with van der Waals surface area (Å²) in [7, 11) is 3.94. The molecule has 3 heteroatoms. The number of ether oxygens (including phenoxy) is 2. The van der Waals surface area contributed by atoms with Gasteiger partial charge in [0.15, 0.2) is 0 Å². The summed E-state index contributed by atoms with van der Waals surface area (Å²) in [5.74, 6) is 0. The van der Waals surface area contributed by atoms with E-state index in [0.29, 0.717) is 0 Å². The number of hydrogen-bond acceptors (Lipinski definition) is 2. The first-order valence-electron chi connectivity index (χ1n) is 4.63.